The van der Waals surface area contributed by atoms with Gasteiger partial charge in [0.25, 0.3) is 0 Å². The molecule has 0 amide bonds. The Kier molecular flexibility index (Phi) is 2.80. The lowest BCUT2D eigenvalue weighted by Gasteiger charge is -2.33. The Balaban J connectivity index is 0.000000720. The molecular weight excluding hydrogens is 151 g/mol. The van der Waals surface area contributed by atoms with Crippen molar-refractivity contribution in [2.75, 3.05) is 0 Å². The molecule has 0 aliphatic heterocycles. The molecule has 2 rings (SSSR count). The van der Waals surface area contributed by atoms with Crippen molar-refractivity contribution in [3.05, 3.63) is 0 Å². The van der Waals surface area contributed by atoms with Gasteiger partial charge in [-0.1, -0.05) is 26.7 Å². The molecule has 0 N–H and O–H groups in total. The van der Waals surface area contributed by atoms with E-state index in [1.807, 2.05) is 0 Å². The van der Waals surface area contributed by atoms with Gasteiger partial charge in [-0.25, -0.2) is 0 Å². The van der Waals surface area contributed by atoms with E-state index >= 15 is 0 Å². The SMILES string of the molecule is CC(C)C12CCCC1CCC2.F. The molecular formula is C11H21F. The summed E-state index contributed by atoms with van der Waals surface area (Å²) in [5, 5.41) is 0. The minimum atomic E-state index is 0. The van der Waals surface area contributed by atoms with Crippen molar-refractivity contribution in [3.63, 3.8) is 0 Å². The smallest absolute Gasteiger partial charge is 0.0246 e. The molecule has 72 valence electrons. The van der Waals surface area contributed by atoms with Crippen LogP contribution < -0.4 is 0 Å². The van der Waals surface area contributed by atoms with Crippen molar-refractivity contribution < 1.29 is 4.70 Å². The van der Waals surface area contributed by atoms with Gasteiger partial charge in [0.1, 0.15) is 0 Å². The molecule has 0 unspecified atom stereocenters. The molecule has 12 heavy (non-hydrogen) atoms. The Morgan fingerprint density at radius 2 is 1.58 bits per heavy atom. The normalized spacial score (nSPS) is 39.8. The molecule has 0 aromatic carbocycles. The number of halogens is 1. The molecule has 0 nitrogen and oxygen atoms in total. The van der Waals surface area contributed by atoms with Crippen LogP contribution in [0.3, 0.4) is 0 Å². The second kappa shape index (κ2) is 3.35. The van der Waals surface area contributed by atoms with E-state index in [4.69, 9.17) is 0 Å². The van der Waals surface area contributed by atoms with Crippen LogP contribution in [0.1, 0.15) is 52.4 Å². The zero-order valence-corrected chi connectivity index (χ0v) is 8.31. The van der Waals surface area contributed by atoms with E-state index < -0.39 is 0 Å². The van der Waals surface area contributed by atoms with Gasteiger partial charge in [0.2, 0.25) is 0 Å². The maximum Gasteiger partial charge on any atom is -0.0246 e. The molecule has 0 radical (unpaired) electrons. The summed E-state index contributed by atoms with van der Waals surface area (Å²) in [5.74, 6) is 2.06. The fourth-order valence-electron chi connectivity index (χ4n) is 3.66. The quantitative estimate of drug-likeness (QED) is 0.565. The molecule has 2 fully saturated rings. The third-order valence-electron chi connectivity index (χ3n) is 4.35. The van der Waals surface area contributed by atoms with Crippen LogP contribution in [0.2, 0.25) is 0 Å². The molecule has 0 aromatic heterocycles. The van der Waals surface area contributed by atoms with Gasteiger partial charge in [0.05, 0.1) is 0 Å². The Labute approximate surface area is 75.1 Å². The lowest BCUT2D eigenvalue weighted by Crippen LogP contribution is -2.26. The summed E-state index contributed by atoms with van der Waals surface area (Å²) in [5.41, 5.74) is 0.806. The maximum atomic E-state index is 2.43. The topological polar surface area (TPSA) is 0 Å². The minimum absolute atomic E-state index is 0. The van der Waals surface area contributed by atoms with Crippen LogP contribution in [0.15, 0.2) is 0 Å². The highest BCUT2D eigenvalue weighted by atomic mass is 19.0. The number of hydrogen-bond donors (Lipinski definition) is 0. The van der Waals surface area contributed by atoms with E-state index in [1.165, 1.54) is 38.5 Å². The first-order valence-corrected chi connectivity index (χ1v) is 5.26. The molecule has 1 heteroatoms. The lowest BCUT2D eigenvalue weighted by atomic mass is 9.71. The van der Waals surface area contributed by atoms with Gasteiger partial charge in [0, 0.05) is 0 Å². The zero-order valence-electron chi connectivity index (χ0n) is 8.31. The summed E-state index contributed by atoms with van der Waals surface area (Å²) in [6.45, 7) is 4.87. The average molecular weight is 172 g/mol. The average Bonchev–Trinajstić information content (AvgIpc) is 2.40. The van der Waals surface area contributed by atoms with Crippen LogP contribution >= 0.6 is 0 Å². The largest absolute Gasteiger partial charge is 0.269 e. The fraction of sp³-hybridized carbons (Fsp3) is 1.00. The van der Waals surface area contributed by atoms with E-state index in [1.54, 1.807) is 0 Å². The highest BCUT2D eigenvalue weighted by molar-refractivity contribution is 4.97. The number of hydrogen-bond acceptors (Lipinski definition) is 0. The first-order chi connectivity index (χ1) is 5.26. The third kappa shape index (κ3) is 1.18. The second-order valence-corrected chi connectivity index (χ2v) is 4.87. The fourth-order valence-corrected chi connectivity index (χ4v) is 3.66. The second-order valence-electron chi connectivity index (χ2n) is 4.87. The van der Waals surface area contributed by atoms with Crippen LogP contribution in [0, 0.1) is 17.3 Å². The molecule has 0 atom stereocenters. The van der Waals surface area contributed by atoms with Crippen LogP contribution in [-0.4, -0.2) is 0 Å². The Hall–Kier alpha value is -0.0700. The molecule has 0 saturated heterocycles. The van der Waals surface area contributed by atoms with Crippen molar-refractivity contribution in [3.8, 4) is 0 Å². The first kappa shape index (κ1) is 10.0. The monoisotopic (exact) mass is 172 g/mol. The number of fused-ring (bicyclic) bond motifs is 1. The maximum absolute atomic E-state index is 2.43. The van der Waals surface area contributed by atoms with Gasteiger partial charge in [0.15, 0.2) is 0 Å². The predicted octanol–water partition coefficient (Wildman–Crippen LogP) is 3.77. The van der Waals surface area contributed by atoms with Crippen LogP contribution in [-0.2, 0) is 0 Å². The van der Waals surface area contributed by atoms with E-state index in [9.17, 15) is 0 Å². The molecule has 0 heterocycles. The van der Waals surface area contributed by atoms with Crippen LogP contribution in [0.5, 0.6) is 0 Å². The van der Waals surface area contributed by atoms with Crippen molar-refractivity contribution in [1.29, 1.82) is 0 Å². The van der Waals surface area contributed by atoms with Gasteiger partial charge in [-0.3, -0.25) is 4.70 Å². The molecule has 0 aromatic rings. The van der Waals surface area contributed by atoms with Gasteiger partial charge in [-0.2, -0.15) is 0 Å². The summed E-state index contributed by atoms with van der Waals surface area (Å²) in [7, 11) is 0. The molecule has 2 aliphatic carbocycles. The molecule has 2 aliphatic rings. The standard InChI is InChI=1S/C11H20.FH/c1-9(2)11-7-3-5-10(11)6-4-8-11;/h9-10H,3-8H2,1-2H3;1H. The van der Waals surface area contributed by atoms with Crippen molar-refractivity contribution in [2.24, 2.45) is 17.3 Å². The van der Waals surface area contributed by atoms with Crippen molar-refractivity contribution in [2.45, 2.75) is 52.4 Å². The predicted molar refractivity (Wildman–Crippen MR) is 51.0 cm³/mol. The van der Waals surface area contributed by atoms with E-state index in [0.717, 1.165) is 17.3 Å². The van der Waals surface area contributed by atoms with Crippen molar-refractivity contribution in [1.82, 2.24) is 0 Å². The molecule has 0 bridgehead atoms. The summed E-state index contributed by atoms with van der Waals surface area (Å²) in [6, 6.07) is 0. The Morgan fingerprint density at radius 1 is 1.08 bits per heavy atom. The third-order valence-corrected chi connectivity index (χ3v) is 4.35. The summed E-state index contributed by atoms with van der Waals surface area (Å²) >= 11 is 0. The van der Waals surface area contributed by atoms with Gasteiger partial charge in [-0.15, -0.1) is 0 Å². The molecule has 0 spiro atoms. The minimum Gasteiger partial charge on any atom is -0.269 e. The highest BCUT2D eigenvalue weighted by Gasteiger charge is 2.47. The van der Waals surface area contributed by atoms with Gasteiger partial charge >= 0.3 is 0 Å². The van der Waals surface area contributed by atoms with Gasteiger partial charge < -0.3 is 0 Å². The van der Waals surface area contributed by atoms with E-state index in [0.29, 0.717) is 0 Å². The first-order valence-electron chi connectivity index (χ1n) is 5.26. The summed E-state index contributed by atoms with van der Waals surface area (Å²) in [6.07, 6.45) is 9.19. The van der Waals surface area contributed by atoms with Gasteiger partial charge in [-0.05, 0) is 42.9 Å². The van der Waals surface area contributed by atoms with Crippen LogP contribution in [0.4, 0.5) is 4.70 Å². The summed E-state index contributed by atoms with van der Waals surface area (Å²) < 4.78 is 0. The molecule has 2 saturated carbocycles. The van der Waals surface area contributed by atoms with E-state index in [-0.39, 0.29) is 4.70 Å². The summed E-state index contributed by atoms with van der Waals surface area (Å²) in [4.78, 5) is 0. The van der Waals surface area contributed by atoms with E-state index in [2.05, 4.69) is 13.8 Å². The number of rotatable bonds is 1. The Morgan fingerprint density at radius 3 is 1.92 bits per heavy atom. The highest BCUT2D eigenvalue weighted by Crippen LogP contribution is 2.58. The van der Waals surface area contributed by atoms with Crippen LogP contribution in [0.25, 0.3) is 0 Å². The van der Waals surface area contributed by atoms with Crippen molar-refractivity contribution >= 4 is 0 Å². The lowest BCUT2D eigenvalue weighted by molar-refractivity contribution is 0.155. The Bertz CT molecular complexity index is 141. The zero-order chi connectivity index (χ0) is 7.90.